The topological polar surface area (TPSA) is 69.0 Å². The molecular weight excluding hydrogens is 256 g/mol. The largest absolute Gasteiger partial charge is 0.461 e. The van der Waals surface area contributed by atoms with Crippen LogP contribution in [-0.2, 0) is 22.5 Å². The van der Waals surface area contributed by atoms with Gasteiger partial charge in [-0.2, -0.15) is 5.10 Å². The highest BCUT2D eigenvalue weighted by Gasteiger charge is 2.34. The number of cyclic esters (lactones) is 1. The lowest BCUT2D eigenvalue weighted by Crippen LogP contribution is -2.45. The van der Waals surface area contributed by atoms with Crippen molar-refractivity contribution in [3.63, 3.8) is 0 Å². The predicted octanol–water partition coefficient (Wildman–Crippen LogP) is 1.01. The van der Waals surface area contributed by atoms with Crippen molar-refractivity contribution in [2.75, 3.05) is 0 Å². The van der Waals surface area contributed by atoms with Gasteiger partial charge in [0.15, 0.2) is 5.82 Å². The van der Waals surface area contributed by atoms with Crippen molar-refractivity contribution in [2.24, 2.45) is 0 Å². The summed E-state index contributed by atoms with van der Waals surface area (Å²) in [6, 6.07) is 0.108. The van der Waals surface area contributed by atoms with Crippen LogP contribution in [0.25, 0.3) is 0 Å². The number of carbonyl (C=O) groups excluding carboxylic acids is 1. The molecule has 2 aliphatic heterocycles. The third-order valence-corrected chi connectivity index (χ3v) is 4.00. The van der Waals surface area contributed by atoms with Crippen LogP contribution in [0.2, 0.25) is 0 Å². The van der Waals surface area contributed by atoms with Gasteiger partial charge < -0.3 is 4.74 Å². The molecule has 0 bridgehead atoms. The second-order valence-electron chi connectivity index (χ2n) is 6.16. The number of nitrogens with one attached hydrogen (secondary N) is 1. The Morgan fingerprint density at radius 3 is 2.90 bits per heavy atom. The molecule has 1 fully saturated rings. The van der Waals surface area contributed by atoms with Crippen molar-refractivity contribution in [2.45, 2.75) is 70.7 Å². The van der Waals surface area contributed by atoms with Gasteiger partial charge in [-0.25, -0.2) is 9.67 Å². The number of rotatable bonds is 3. The number of carbonyl (C=O) groups is 1. The van der Waals surface area contributed by atoms with E-state index >= 15 is 0 Å². The average molecular weight is 278 g/mol. The molecule has 0 aliphatic carbocycles. The summed E-state index contributed by atoms with van der Waals surface area (Å²) < 4.78 is 7.17. The number of ether oxygens (including phenoxy) is 1. The molecule has 1 aromatic rings. The van der Waals surface area contributed by atoms with Gasteiger partial charge in [-0.15, -0.1) is 0 Å². The molecule has 3 atom stereocenters. The van der Waals surface area contributed by atoms with Crippen LogP contribution in [0.15, 0.2) is 0 Å². The lowest BCUT2D eigenvalue weighted by atomic mass is 10.1. The van der Waals surface area contributed by atoms with Crippen LogP contribution >= 0.6 is 0 Å². The number of fused-ring (bicyclic) bond motifs is 1. The van der Waals surface area contributed by atoms with E-state index in [4.69, 9.17) is 4.74 Å². The standard InChI is InChI=1S/C14H22N4O2/c1-8(2)13-16-12-5-4-10(7-18(12)17-13)15-11-6-9(3)20-14(11)19/h8-11,15H,4-7H2,1-3H3/t9-,10-,11-/m1/s1. The molecule has 1 saturated heterocycles. The zero-order chi connectivity index (χ0) is 14.3. The van der Waals surface area contributed by atoms with Crippen molar-refractivity contribution in [1.82, 2.24) is 20.1 Å². The zero-order valence-electron chi connectivity index (χ0n) is 12.3. The molecule has 0 unspecified atom stereocenters. The predicted molar refractivity (Wildman–Crippen MR) is 73.3 cm³/mol. The Balaban J connectivity index is 1.65. The van der Waals surface area contributed by atoms with Gasteiger partial charge in [-0.05, 0) is 13.3 Å². The first-order valence-corrected chi connectivity index (χ1v) is 7.43. The molecule has 0 spiro atoms. The highest BCUT2D eigenvalue weighted by molar-refractivity contribution is 5.77. The Morgan fingerprint density at radius 1 is 1.45 bits per heavy atom. The number of hydrogen-bond donors (Lipinski definition) is 1. The van der Waals surface area contributed by atoms with Crippen LogP contribution in [0.5, 0.6) is 0 Å². The van der Waals surface area contributed by atoms with Gasteiger partial charge in [-0.1, -0.05) is 13.8 Å². The monoisotopic (exact) mass is 278 g/mol. The van der Waals surface area contributed by atoms with Crippen LogP contribution in [0.4, 0.5) is 0 Å². The van der Waals surface area contributed by atoms with E-state index in [1.165, 1.54) is 0 Å². The van der Waals surface area contributed by atoms with Crippen LogP contribution in [-0.4, -0.2) is 38.9 Å². The van der Waals surface area contributed by atoms with Gasteiger partial charge in [0, 0.05) is 24.8 Å². The summed E-state index contributed by atoms with van der Waals surface area (Å²) in [6.45, 7) is 6.93. The van der Waals surface area contributed by atoms with Gasteiger partial charge in [0.05, 0.1) is 6.54 Å². The third kappa shape index (κ3) is 2.57. The van der Waals surface area contributed by atoms with Gasteiger partial charge in [0.2, 0.25) is 0 Å². The molecule has 2 aliphatic rings. The number of aromatic nitrogens is 3. The Labute approximate surface area is 118 Å². The molecule has 3 heterocycles. The molecule has 0 aromatic carbocycles. The minimum absolute atomic E-state index is 0.0260. The molecule has 1 aromatic heterocycles. The summed E-state index contributed by atoms with van der Waals surface area (Å²) in [5.41, 5.74) is 0. The maximum atomic E-state index is 11.7. The van der Waals surface area contributed by atoms with Crippen LogP contribution in [0, 0.1) is 0 Å². The van der Waals surface area contributed by atoms with E-state index in [9.17, 15) is 4.79 Å². The molecule has 20 heavy (non-hydrogen) atoms. The van der Waals surface area contributed by atoms with Crippen molar-refractivity contribution >= 4 is 5.97 Å². The Hall–Kier alpha value is -1.43. The number of hydrogen-bond acceptors (Lipinski definition) is 5. The molecule has 3 rings (SSSR count). The van der Waals surface area contributed by atoms with Gasteiger partial charge in [-0.3, -0.25) is 10.1 Å². The van der Waals surface area contributed by atoms with Crippen molar-refractivity contribution in [3.05, 3.63) is 11.6 Å². The second-order valence-corrected chi connectivity index (χ2v) is 6.16. The first kappa shape index (κ1) is 13.5. The molecular formula is C14H22N4O2. The van der Waals surface area contributed by atoms with Crippen molar-refractivity contribution in [1.29, 1.82) is 0 Å². The second kappa shape index (κ2) is 5.16. The van der Waals surface area contributed by atoms with Crippen LogP contribution < -0.4 is 5.32 Å². The number of nitrogens with zero attached hydrogens (tertiary/aromatic N) is 3. The van der Waals surface area contributed by atoms with E-state index in [2.05, 4.69) is 29.2 Å². The molecule has 110 valence electrons. The maximum Gasteiger partial charge on any atom is 0.323 e. The summed E-state index contributed by atoms with van der Waals surface area (Å²) in [4.78, 5) is 16.3. The van der Waals surface area contributed by atoms with Crippen LogP contribution in [0.3, 0.4) is 0 Å². The normalized spacial score (nSPS) is 29.6. The van der Waals surface area contributed by atoms with Crippen LogP contribution in [0.1, 0.15) is 51.2 Å². The van der Waals surface area contributed by atoms with E-state index in [0.717, 1.165) is 37.5 Å². The van der Waals surface area contributed by atoms with Gasteiger partial charge >= 0.3 is 5.97 Å². The zero-order valence-corrected chi connectivity index (χ0v) is 12.3. The summed E-state index contributed by atoms with van der Waals surface area (Å²) in [7, 11) is 0. The Morgan fingerprint density at radius 2 is 2.25 bits per heavy atom. The quantitative estimate of drug-likeness (QED) is 0.836. The summed E-state index contributed by atoms with van der Waals surface area (Å²) >= 11 is 0. The fourth-order valence-corrected chi connectivity index (χ4v) is 2.89. The maximum absolute atomic E-state index is 11.7. The van der Waals surface area contributed by atoms with Crippen molar-refractivity contribution in [3.8, 4) is 0 Å². The van der Waals surface area contributed by atoms with E-state index in [-0.39, 0.29) is 24.2 Å². The lowest BCUT2D eigenvalue weighted by molar-refractivity contribution is -0.142. The fraction of sp³-hybridized carbons (Fsp3) is 0.786. The third-order valence-electron chi connectivity index (χ3n) is 4.00. The molecule has 0 amide bonds. The van der Waals surface area contributed by atoms with E-state index in [1.54, 1.807) is 0 Å². The van der Waals surface area contributed by atoms with Gasteiger partial charge in [0.25, 0.3) is 0 Å². The highest BCUT2D eigenvalue weighted by atomic mass is 16.6. The molecule has 1 N–H and O–H groups in total. The highest BCUT2D eigenvalue weighted by Crippen LogP contribution is 2.20. The van der Waals surface area contributed by atoms with Crippen molar-refractivity contribution < 1.29 is 9.53 Å². The first-order valence-electron chi connectivity index (χ1n) is 7.43. The van der Waals surface area contributed by atoms with Gasteiger partial charge in [0.1, 0.15) is 18.0 Å². The molecule has 6 heteroatoms. The summed E-state index contributed by atoms with van der Waals surface area (Å²) in [5.74, 6) is 2.21. The lowest BCUT2D eigenvalue weighted by Gasteiger charge is -2.25. The molecule has 6 nitrogen and oxygen atoms in total. The number of esters is 1. The van der Waals surface area contributed by atoms with E-state index in [1.807, 2.05) is 11.6 Å². The Bertz CT molecular complexity index is 511. The molecule has 0 radical (unpaired) electrons. The first-order chi connectivity index (χ1) is 9.52. The average Bonchev–Trinajstić information content (AvgIpc) is 2.93. The smallest absolute Gasteiger partial charge is 0.323 e. The minimum atomic E-state index is -0.162. The number of aryl methyl sites for hydroxylation is 1. The fourth-order valence-electron chi connectivity index (χ4n) is 2.89. The minimum Gasteiger partial charge on any atom is -0.461 e. The van der Waals surface area contributed by atoms with E-state index in [0.29, 0.717) is 5.92 Å². The van der Waals surface area contributed by atoms with E-state index < -0.39 is 0 Å². The summed E-state index contributed by atoms with van der Waals surface area (Å²) in [6.07, 6.45) is 2.69. The SMILES string of the molecule is CC(C)c1nc2n(n1)C[C@H](N[C@@H]1C[C@@H](C)OC1=O)CC2. The molecule has 0 saturated carbocycles. The summed E-state index contributed by atoms with van der Waals surface area (Å²) in [5, 5.41) is 7.97. The Kier molecular flexibility index (Phi) is 3.50.